The van der Waals surface area contributed by atoms with E-state index < -0.39 is 154 Å². The van der Waals surface area contributed by atoms with Crippen molar-refractivity contribution in [1.29, 1.82) is 0 Å². The van der Waals surface area contributed by atoms with Gasteiger partial charge in [0.05, 0.1) is 0 Å². The normalized spacial score (nSPS) is 15.2. The number of benzene rings is 1. The monoisotopic (exact) mass is 1360 g/mol. The molecule has 3 heterocycles. The maximum Gasteiger partial charge on any atom is 0.460 e. The lowest BCUT2D eigenvalue weighted by molar-refractivity contribution is -0.462. The smallest absolute Gasteiger partial charge is 0.194 e. The second kappa shape index (κ2) is 23.1. The molecule has 4 rings (SSSR count). The van der Waals surface area contributed by atoms with E-state index in [2.05, 4.69) is 0 Å². The Kier molecular flexibility index (Phi) is 19.9. The first kappa shape index (κ1) is 73.4. The summed E-state index contributed by atoms with van der Waals surface area (Å²) in [5, 5.41) is 0. The number of hydrogen-bond acceptors (Lipinski definition) is 3. The molecule has 1 aromatic carbocycles. The number of rotatable bonds is 27. The molecule has 0 fully saturated rings. The predicted molar refractivity (Wildman–Crippen MR) is 241 cm³/mol. The molecular formula is C48H38F34S3. The summed E-state index contributed by atoms with van der Waals surface area (Å²) in [4.78, 5) is -6.11. The van der Waals surface area contributed by atoms with Crippen LogP contribution in [0.2, 0.25) is 0 Å². The van der Waals surface area contributed by atoms with Gasteiger partial charge in [-0.2, -0.15) is 149 Å². The largest absolute Gasteiger partial charge is 0.460 e. The van der Waals surface area contributed by atoms with E-state index in [4.69, 9.17) is 0 Å². The van der Waals surface area contributed by atoms with Crippen molar-refractivity contribution in [1.82, 2.24) is 0 Å². The van der Waals surface area contributed by atoms with Gasteiger partial charge in [0.1, 0.15) is 0 Å². The molecule has 3 aromatic heterocycles. The van der Waals surface area contributed by atoms with E-state index in [1.54, 1.807) is 13.8 Å². The highest BCUT2D eigenvalue weighted by Crippen LogP contribution is 2.69. The molecule has 0 N–H and O–H groups in total. The Hall–Kier alpha value is -4.06. The molecule has 0 saturated heterocycles. The maximum atomic E-state index is 16.5. The van der Waals surface area contributed by atoms with Crippen molar-refractivity contribution < 1.29 is 149 Å². The van der Waals surface area contributed by atoms with Crippen molar-refractivity contribution in [3.63, 3.8) is 0 Å². The summed E-state index contributed by atoms with van der Waals surface area (Å²) in [7, 11) is 0. The van der Waals surface area contributed by atoms with E-state index in [0.29, 0.717) is 37.8 Å². The minimum atomic E-state index is -9.01. The van der Waals surface area contributed by atoms with Crippen molar-refractivity contribution in [3.8, 4) is 29.9 Å². The molecule has 85 heavy (non-hydrogen) atoms. The molecule has 0 bridgehead atoms. The number of unbranched alkanes of at least 4 members (excludes halogenated alkanes) is 6. The molecule has 0 aliphatic carbocycles. The molecule has 0 spiro atoms. The quantitative estimate of drug-likeness (QED) is 0.0412. The number of aryl methyl sites for hydroxylation is 2. The zero-order valence-corrected chi connectivity index (χ0v) is 45.1. The first-order valence-corrected chi connectivity index (χ1v) is 26.2. The highest BCUT2D eigenvalue weighted by Gasteiger charge is 2.97. The highest BCUT2D eigenvalue weighted by molar-refractivity contribution is 7.27. The van der Waals surface area contributed by atoms with Gasteiger partial charge in [0.2, 0.25) is 0 Å². The lowest BCUT2D eigenvalue weighted by atomic mass is 9.86. The Morgan fingerprint density at radius 2 is 0.600 bits per heavy atom. The topological polar surface area (TPSA) is 0 Å². The van der Waals surface area contributed by atoms with Gasteiger partial charge in [-0.15, -0.1) is 34.0 Å². The van der Waals surface area contributed by atoms with Crippen LogP contribution in [0.15, 0.2) is 36.4 Å². The third kappa shape index (κ3) is 11.2. The molecule has 486 valence electrons. The van der Waals surface area contributed by atoms with E-state index in [1.807, 2.05) is 0 Å². The molecule has 0 aliphatic heterocycles. The first-order chi connectivity index (χ1) is 37.8. The van der Waals surface area contributed by atoms with Gasteiger partial charge < -0.3 is 0 Å². The summed E-state index contributed by atoms with van der Waals surface area (Å²) in [6.07, 6.45) is -15.2. The van der Waals surface area contributed by atoms with Crippen molar-refractivity contribution >= 4 is 34.0 Å². The Morgan fingerprint density at radius 3 is 0.929 bits per heavy atom. The molecule has 4 aromatic rings. The Morgan fingerprint density at radius 1 is 0.306 bits per heavy atom. The first-order valence-electron chi connectivity index (χ1n) is 23.7. The number of halogens is 34. The summed E-state index contributed by atoms with van der Waals surface area (Å²) >= 11 is -0.416. The second-order valence-corrected chi connectivity index (χ2v) is 22.5. The predicted octanol–water partition coefficient (Wildman–Crippen LogP) is 22.7. The van der Waals surface area contributed by atoms with E-state index >= 15 is 52.7 Å². The minimum Gasteiger partial charge on any atom is -0.194 e. The second-order valence-electron chi connectivity index (χ2n) is 19.2. The maximum absolute atomic E-state index is 16.5. The third-order valence-electron chi connectivity index (χ3n) is 13.2. The van der Waals surface area contributed by atoms with Gasteiger partial charge in [-0.1, -0.05) is 82.2 Å². The molecule has 0 amide bonds. The number of alkyl halides is 34. The van der Waals surface area contributed by atoms with E-state index in [1.165, 1.54) is 6.92 Å². The van der Waals surface area contributed by atoms with Crippen molar-refractivity contribution in [3.05, 3.63) is 69.1 Å². The van der Waals surface area contributed by atoms with Crippen LogP contribution in [0.4, 0.5) is 149 Å². The van der Waals surface area contributed by atoms with Gasteiger partial charge in [0.15, 0.2) is 0 Å². The lowest BCUT2D eigenvalue weighted by Crippen LogP contribution is -2.74. The standard InChI is InChI=1S/C48H38F34S3/c1-5-7-9-11-13-24-25(14-12-10-8-6-2)32(85-31(24)28-19-26(22(4)83-28)33(49,50)35(53,54)37(57,58)39(61,62)41(65,66)43(69,70)45(73,74)47(77,78)79)29-20-27(30(84-29)23-17-15-21(3)16-18-23)34(51,52)36(55,56)38(59,60)40(63,64)42(67,68)44(71,72)46(75,76)48(80,81)82/h15-20H,5-14H2,1-4H3. The summed E-state index contributed by atoms with van der Waals surface area (Å²) in [5.41, 5.74) is -6.46. The molecule has 0 saturated carbocycles. The van der Waals surface area contributed by atoms with Gasteiger partial charge in [-0.3, -0.25) is 0 Å². The molecule has 37 heteroatoms. The molecule has 0 radical (unpaired) electrons. The Bertz CT molecular complexity index is 2950. The fourth-order valence-electron chi connectivity index (χ4n) is 8.11. The van der Waals surface area contributed by atoms with Gasteiger partial charge in [0, 0.05) is 40.4 Å². The number of thiophene rings is 3. The minimum absolute atomic E-state index is 0.0611. The van der Waals surface area contributed by atoms with Crippen LogP contribution in [0.5, 0.6) is 0 Å². The summed E-state index contributed by atoms with van der Waals surface area (Å²) in [6.45, 7) is 4.80. The zero-order valence-electron chi connectivity index (χ0n) is 42.6. The summed E-state index contributed by atoms with van der Waals surface area (Å²) in [6, 6.07) is 2.77. The fourth-order valence-corrected chi connectivity index (χ4v) is 12.0. The fraction of sp³-hybridized carbons (Fsp3) is 0.625. The van der Waals surface area contributed by atoms with Crippen LogP contribution in [0.1, 0.15) is 97.9 Å². The van der Waals surface area contributed by atoms with Gasteiger partial charge in [0.25, 0.3) is 0 Å². The Balaban J connectivity index is 2.11. The average molecular weight is 1360 g/mol. The molecule has 0 aliphatic rings. The highest BCUT2D eigenvalue weighted by atomic mass is 32.1. The van der Waals surface area contributed by atoms with Gasteiger partial charge >= 0.3 is 95.3 Å². The van der Waals surface area contributed by atoms with E-state index in [-0.39, 0.29) is 95.4 Å². The van der Waals surface area contributed by atoms with Crippen molar-refractivity contribution in [2.75, 3.05) is 0 Å². The van der Waals surface area contributed by atoms with Gasteiger partial charge in [-0.05, 0) is 68.4 Å². The van der Waals surface area contributed by atoms with E-state index in [9.17, 15) is 96.6 Å². The molecule has 0 nitrogen and oxygen atoms in total. The SMILES string of the molecule is CCCCCCc1c(-c2cc(C(F)(F)C(F)(F)C(F)(F)C(F)(F)C(F)(F)C(F)(F)C(F)(F)C(F)(F)F)c(C)s2)sc(-c2cc(C(F)(F)C(F)(F)C(F)(F)C(F)(F)C(F)(F)C(F)(F)C(F)(F)C(F)(F)F)c(-c3ccc(C)cc3)s2)c1CCCCCC. The third-order valence-corrected chi connectivity index (χ3v) is 17.1. The van der Waals surface area contributed by atoms with Crippen LogP contribution in [0, 0.1) is 13.8 Å². The van der Waals surface area contributed by atoms with Gasteiger partial charge in [-0.25, -0.2) is 0 Å². The average Bonchev–Trinajstić information content (AvgIpc) is 1.51. The van der Waals surface area contributed by atoms with Crippen LogP contribution < -0.4 is 0 Å². The van der Waals surface area contributed by atoms with Crippen molar-refractivity contribution in [2.45, 2.75) is 187 Å². The van der Waals surface area contributed by atoms with Crippen LogP contribution >= 0.6 is 34.0 Å². The van der Waals surface area contributed by atoms with Crippen LogP contribution in [0.25, 0.3) is 29.9 Å². The van der Waals surface area contributed by atoms with Crippen LogP contribution in [-0.2, 0) is 24.7 Å². The van der Waals surface area contributed by atoms with Crippen LogP contribution in [-0.4, -0.2) is 83.4 Å². The summed E-state index contributed by atoms with van der Waals surface area (Å²) < 4.78 is 492. The summed E-state index contributed by atoms with van der Waals surface area (Å²) in [5.74, 6) is -119. The van der Waals surface area contributed by atoms with E-state index in [0.717, 1.165) is 12.1 Å². The van der Waals surface area contributed by atoms with Crippen molar-refractivity contribution in [2.24, 2.45) is 0 Å². The van der Waals surface area contributed by atoms with Crippen LogP contribution in [0.3, 0.4) is 0 Å². The lowest BCUT2D eigenvalue weighted by Gasteiger charge is -2.42. The molecule has 0 unspecified atom stereocenters. The zero-order chi connectivity index (χ0) is 66.4. The number of hydrogen-bond donors (Lipinski definition) is 0. The molecular weight excluding hydrogens is 1320 g/mol. The molecule has 0 atom stereocenters. The Labute approximate surface area is 468 Å².